The van der Waals surface area contributed by atoms with E-state index in [-0.39, 0.29) is 11.7 Å². The Bertz CT molecular complexity index is 801. The average molecular weight is 342 g/mol. The molecular weight excluding hydrogens is 331 g/mol. The van der Waals surface area contributed by atoms with Gasteiger partial charge in [-0.15, -0.1) is 0 Å². The Labute approximate surface area is 142 Å². The molecule has 0 N–H and O–H groups in total. The molecular formula is C17H11FN2OS2. The van der Waals surface area contributed by atoms with Crippen LogP contribution < -0.4 is 0 Å². The standard InChI is InChI=1S/C17H11FN2OS2/c18-14-8-6-13(7-9-14)11-19-20-16(21)15(23-17(20)22)10-12-4-2-1-3-5-12/h1-11H/b15-10+,19-11+. The minimum absolute atomic E-state index is 0.262. The molecule has 1 aliphatic rings. The quantitative estimate of drug-likeness (QED) is 0.479. The van der Waals surface area contributed by atoms with Gasteiger partial charge in [0.25, 0.3) is 5.91 Å². The maximum absolute atomic E-state index is 12.9. The van der Waals surface area contributed by atoms with E-state index in [1.54, 1.807) is 18.2 Å². The second-order valence-electron chi connectivity index (χ2n) is 4.70. The van der Waals surface area contributed by atoms with Gasteiger partial charge in [-0.2, -0.15) is 10.1 Å². The molecule has 0 saturated carbocycles. The summed E-state index contributed by atoms with van der Waals surface area (Å²) >= 11 is 6.41. The number of nitrogens with zero attached hydrogens (tertiary/aromatic N) is 2. The van der Waals surface area contributed by atoms with Crippen LogP contribution in [0.15, 0.2) is 64.6 Å². The minimum Gasteiger partial charge on any atom is -0.266 e. The van der Waals surface area contributed by atoms with Crippen molar-refractivity contribution in [3.63, 3.8) is 0 Å². The third kappa shape index (κ3) is 3.72. The second kappa shape index (κ2) is 6.85. The normalized spacial score (nSPS) is 16.7. The summed E-state index contributed by atoms with van der Waals surface area (Å²) in [5, 5.41) is 5.29. The molecule has 0 bridgehead atoms. The van der Waals surface area contributed by atoms with Crippen molar-refractivity contribution < 1.29 is 9.18 Å². The van der Waals surface area contributed by atoms with Crippen molar-refractivity contribution in [3.05, 3.63) is 76.4 Å². The number of amides is 1. The van der Waals surface area contributed by atoms with Crippen molar-refractivity contribution in [2.45, 2.75) is 0 Å². The zero-order chi connectivity index (χ0) is 16.2. The molecule has 1 aliphatic heterocycles. The molecule has 2 aromatic rings. The Morgan fingerprint density at radius 1 is 1.04 bits per heavy atom. The first-order valence-corrected chi connectivity index (χ1v) is 7.98. The summed E-state index contributed by atoms with van der Waals surface area (Å²) in [6.45, 7) is 0. The van der Waals surface area contributed by atoms with Crippen molar-refractivity contribution in [3.8, 4) is 0 Å². The molecule has 0 aliphatic carbocycles. The molecule has 3 rings (SSSR count). The molecule has 1 heterocycles. The SMILES string of the molecule is O=C1/C(=C\c2ccccc2)SC(=S)N1/N=C/c1ccc(F)cc1. The van der Waals surface area contributed by atoms with Gasteiger partial charge in [0.1, 0.15) is 5.82 Å². The lowest BCUT2D eigenvalue weighted by Crippen LogP contribution is -2.22. The van der Waals surface area contributed by atoms with Gasteiger partial charge in [-0.1, -0.05) is 54.2 Å². The van der Waals surface area contributed by atoms with Crippen LogP contribution in [0, 0.1) is 5.82 Å². The van der Waals surface area contributed by atoms with Crippen LogP contribution in [0.2, 0.25) is 0 Å². The maximum atomic E-state index is 12.9. The number of carbonyl (C=O) groups excluding carboxylic acids is 1. The fourth-order valence-electron chi connectivity index (χ4n) is 1.93. The number of carbonyl (C=O) groups is 1. The lowest BCUT2D eigenvalue weighted by Gasteiger charge is -2.05. The summed E-state index contributed by atoms with van der Waals surface area (Å²) in [5.41, 5.74) is 1.61. The number of hydrogen-bond acceptors (Lipinski definition) is 4. The first-order valence-electron chi connectivity index (χ1n) is 6.76. The summed E-state index contributed by atoms with van der Waals surface area (Å²) in [4.78, 5) is 12.9. The average Bonchev–Trinajstić information content (AvgIpc) is 2.82. The number of thioether (sulfide) groups is 1. The molecule has 3 nitrogen and oxygen atoms in total. The van der Waals surface area contributed by atoms with Gasteiger partial charge in [-0.05, 0) is 41.6 Å². The summed E-state index contributed by atoms with van der Waals surface area (Å²) < 4.78 is 13.2. The maximum Gasteiger partial charge on any atom is 0.286 e. The number of hydrazone groups is 1. The molecule has 1 saturated heterocycles. The Balaban J connectivity index is 1.79. The Hall–Kier alpha value is -2.31. The molecule has 1 amide bonds. The van der Waals surface area contributed by atoms with Crippen molar-refractivity contribution in [2.75, 3.05) is 0 Å². The predicted molar refractivity (Wildman–Crippen MR) is 95.4 cm³/mol. The van der Waals surface area contributed by atoms with Crippen molar-refractivity contribution >= 4 is 46.5 Å². The van der Waals surface area contributed by atoms with Crippen molar-refractivity contribution in [2.24, 2.45) is 5.10 Å². The zero-order valence-corrected chi connectivity index (χ0v) is 13.5. The molecule has 23 heavy (non-hydrogen) atoms. The molecule has 1 fully saturated rings. The number of thiocarbonyl (C=S) groups is 1. The van der Waals surface area contributed by atoms with Crippen LogP contribution in [-0.2, 0) is 4.79 Å². The van der Waals surface area contributed by atoms with Gasteiger partial charge >= 0.3 is 0 Å². The molecule has 6 heteroatoms. The second-order valence-corrected chi connectivity index (χ2v) is 6.38. The highest BCUT2D eigenvalue weighted by atomic mass is 32.2. The van der Waals surface area contributed by atoms with E-state index in [1.807, 2.05) is 30.3 Å². The van der Waals surface area contributed by atoms with Crippen LogP contribution in [0.5, 0.6) is 0 Å². The van der Waals surface area contributed by atoms with E-state index in [0.29, 0.717) is 14.8 Å². The largest absolute Gasteiger partial charge is 0.286 e. The van der Waals surface area contributed by atoms with E-state index in [4.69, 9.17) is 12.2 Å². The third-order valence-electron chi connectivity index (χ3n) is 3.06. The van der Waals surface area contributed by atoms with Gasteiger partial charge in [0, 0.05) is 0 Å². The molecule has 0 aromatic heterocycles. The van der Waals surface area contributed by atoms with Crippen LogP contribution in [0.4, 0.5) is 4.39 Å². The smallest absolute Gasteiger partial charge is 0.266 e. The van der Waals surface area contributed by atoms with Gasteiger partial charge in [-0.25, -0.2) is 4.39 Å². The fraction of sp³-hybridized carbons (Fsp3) is 0. The fourth-order valence-corrected chi connectivity index (χ4v) is 3.11. The molecule has 0 unspecified atom stereocenters. The molecule has 0 radical (unpaired) electrons. The van der Waals surface area contributed by atoms with Gasteiger partial charge in [0.15, 0.2) is 4.32 Å². The Morgan fingerprint density at radius 2 is 1.74 bits per heavy atom. The number of rotatable bonds is 3. The molecule has 2 aromatic carbocycles. The number of halogens is 1. The third-order valence-corrected chi connectivity index (χ3v) is 4.35. The topological polar surface area (TPSA) is 32.7 Å². The van der Waals surface area contributed by atoms with E-state index in [0.717, 1.165) is 5.56 Å². The lowest BCUT2D eigenvalue weighted by atomic mass is 10.2. The van der Waals surface area contributed by atoms with Crippen molar-refractivity contribution in [1.29, 1.82) is 0 Å². The molecule has 0 atom stereocenters. The number of benzene rings is 2. The van der Waals surface area contributed by atoms with Crippen LogP contribution in [0.1, 0.15) is 11.1 Å². The zero-order valence-electron chi connectivity index (χ0n) is 11.8. The van der Waals surface area contributed by atoms with Gasteiger partial charge < -0.3 is 0 Å². The minimum atomic E-state index is -0.321. The van der Waals surface area contributed by atoms with E-state index in [9.17, 15) is 9.18 Å². The summed E-state index contributed by atoms with van der Waals surface area (Å²) in [5.74, 6) is -0.583. The van der Waals surface area contributed by atoms with E-state index in [1.165, 1.54) is 35.1 Å². The number of hydrogen-bond donors (Lipinski definition) is 0. The van der Waals surface area contributed by atoms with Crippen LogP contribution >= 0.6 is 24.0 Å². The highest BCUT2D eigenvalue weighted by Crippen LogP contribution is 2.32. The van der Waals surface area contributed by atoms with Crippen molar-refractivity contribution in [1.82, 2.24) is 5.01 Å². The lowest BCUT2D eigenvalue weighted by molar-refractivity contribution is -0.122. The van der Waals surface area contributed by atoms with Gasteiger partial charge in [0.2, 0.25) is 0 Å². The van der Waals surface area contributed by atoms with E-state index < -0.39 is 0 Å². The van der Waals surface area contributed by atoms with Crippen LogP contribution in [0.3, 0.4) is 0 Å². The predicted octanol–water partition coefficient (Wildman–Crippen LogP) is 4.06. The van der Waals surface area contributed by atoms with E-state index in [2.05, 4.69) is 5.10 Å². The van der Waals surface area contributed by atoms with Gasteiger partial charge in [-0.3, -0.25) is 4.79 Å². The van der Waals surface area contributed by atoms with E-state index >= 15 is 0 Å². The summed E-state index contributed by atoms with van der Waals surface area (Å²) in [7, 11) is 0. The monoisotopic (exact) mass is 342 g/mol. The summed E-state index contributed by atoms with van der Waals surface area (Å²) in [6.07, 6.45) is 3.27. The molecule has 0 spiro atoms. The molecule has 114 valence electrons. The Morgan fingerprint density at radius 3 is 2.43 bits per heavy atom. The summed E-state index contributed by atoms with van der Waals surface area (Å²) in [6, 6.07) is 15.4. The highest BCUT2D eigenvalue weighted by Gasteiger charge is 2.31. The van der Waals surface area contributed by atoms with Gasteiger partial charge in [0.05, 0.1) is 11.1 Å². The van der Waals surface area contributed by atoms with Crippen LogP contribution in [-0.4, -0.2) is 21.5 Å². The highest BCUT2D eigenvalue weighted by molar-refractivity contribution is 8.26. The van der Waals surface area contributed by atoms with Crippen LogP contribution in [0.25, 0.3) is 6.08 Å². The first kappa shape index (κ1) is 15.6. The Kier molecular flexibility index (Phi) is 4.64. The first-order chi connectivity index (χ1) is 11.1.